The first-order valence-corrected chi connectivity index (χ1v) is 9.98. The number of nitrogens with zero attached hydrogens (tertiary/aromatic N) is 5. The number of nitrogens with one attached hydrogen (secondary N) is 2. The number of alkyl halides is 3. The second-order valence-corrected chi connectivity index (χ2v) is 7.92. The highest BCUT2D eigenvalue weighted by molar-refractivity contribution is 6.02. The zero-order chi connectivity index (χ0) is 23.1. The minimum atomic E-state index is -4.52. The number of hydrogen-bond donors (Lipinski definition) is 2. The molecule has 9 nitrogen and oxygen atoms in total. The molecule has 4 rings (SSSR count). The summed E-state index contributed by atoms with van der Waals surface area (Å²) in [6.07, 6.45) is -0.776. The van der Waals surface area contributed by atoms with E-state index in [0.717, 1.165) is 17.5 Å². The van der Waals surface area contributed by atoms with Crippen molar-refractivity contribution >= 4 is 29.1 Å². The molecular weight excluding hydrogens is 427 g/mol. The van der Waals surface area contributed by atoms with Crippen LogP contribution in [-0.4, -0.2) is 45.8 Å². The zero-order valence-electron chi connectivity index (χ0n) is 17.1. The molecule has 2 fully saturated rings. The Morgan fingerprint density at radius 1 is 1.34 bits per heavy atom. The number of aryl methyl sites for hydroxylation is 1. The summed E-state index contributed by atoms with van der Waals surface area (Å²) in [6, 6.07) is 6.83. The maximum absolute atomic E-state index is 13.0. The van der Waals surface area contributed by atoms with Gasteiger partial charge in [-0.15, -0.1) is 0 Å². The van der Waals surface area contributed by atoms with Crippen molar-refractivity contribution in [3.63, 3.8) is 0 Å². The Hall–Kier alpha value is -3.62. The van der Waals surface area contributed by atoms with Gasteiger partial charge in [-0.3, -0.25) is 14.3 Å². The predicted molar refractivity (Wildman–Crippen MR) is 107 cm³/mol. The van der Waals surface area contributed by atoms with Crippen LogP contribution in [0.25, 0.3) is 0 Å². The van der Waals surface area contributed by atoms with Crippen molar-refractivity contribution in [1.29, 1.82) is 5.26 Å². The van der Waals surface area contributed by atoms with Crippen LogP contribution in [0.4, 0.5) is 30.5 Å². The molecule has 2 amide bonds. The molecule has 1 aliphatic carbocycles. The van der Waals surface area contributed by atoms with Gasteiger partial charge in [-0.1, -0.05) is 0 Å². The van der Waals surface area contributed by atoms with Crippen molar-refractivity contribution in [1.82, 2.24) is 20.1 Å². The van der Waals surface area contributed by atoms with Crippen LogP contribution in [0, 0.1) is 22.7 Å². The zero-order valence-corrected chi connectivity index (χ0v) is 17.1. The molecule has 0 unspecified atom stereocenters. The molecule has 3 heterocycles. The standard InChI is InChI=1S/C20H20F3N7O2/c1-29-14(17(31)26-11-20(21,22)23)9-16(28-29)27-15-8-13(4-6-25-15)30-7-5-19(10-24,18(30)32)12-2-3-12/h4,6,8-9,12H,2-3,5,7,11H2,1H3,(H,26,31)(H,25,27,28)/t19-/m1/s1. The fourth-order valence-electron chi connectivity index (χ4n) is 3.93. The summed E-state index contributed by atoms with van der Waals surface area (Å²) in [5.74, 6) is -0.480. The van der Waals surface area contributed by atoms with E-state index in [0.29, 0.717) is 24.5 Å². The summed E-state index contributed by atoms with van der Waals surface area (Å²) < 4.78 is 38.2. The number of rotatable bonds is 6. The van der Waals surface area contributed by atoms with Gasteiger partial charge in [0.25, 0.3) is 5.91 Å². The monoisotopic (exact) mass is 447 g/mol. The van der Waals surface area contributed by atoms with Gasteiger partial charge in [0.2, 0.25) is 5.91 Å². The summed E-state index contributed by atoms with van der Waals surface area (Å²) in [5, 5.41) is 18.4. The summed E-state index contributed by atoms with van der Waals surface area (Å²) in [5.41, 5.74) is -0.452. The Kier molecular flexibility index (Phi) is 5.28. The lowest BCUT2D eigenvalue weighted by Gasteiger charge is -2.21. The van der Waals surface area contributed by atoms with Crippen molar-refractivity contribution in [3.8, 4) is 6.07 Å². The number of carbonyl (C=O) groups is 2. The Balaban J connectivity index is 1.48. The van der Waals surface area contributed by atoms with Gasteiger partial charge in [-0.25, -0.2) is 4.98 Å². The SMILES string of the molecule is Cn1nc(Nc2cc(N3CC[C@@](C#N)(C4CC4)C3=O)ccn2)cc1C(=O)NCC(F)(F)F. The molecule has 2 N–H and O–H groups in total. The minimum absolute atomic E-state index is 0.0640. The molecule has 2 aromatic rings. The lowest BCUT2D eigenvalue weighted by atomic mass is 9.83. The average Bonchev–Trinajstić information content (AvgIpc) is 3.45. The topological polar surface area (TPSA) is 116 Å². The lowest BCUT2D eigenvalue weighted by Crippen LogP contribution is -2.35. The van der Waals surface area contributed by atoms with Crippen molar-refractivity contribution < 1.29 is 22.8 Å². The van der Waals surface area contributed by atoms with Crippen LogP contribution in [0.15, 0.2) is 24.4 Å². The van der Waals surface area contributed by atoms with Gasteiger partial charge in [0.15, 0.2) is 5.82 Å². The van der Waals surface area contributed by atoms with E-state index in [4.69, 9.17) is 0 Å². The molecule has 1 saturated carbocycles. The normalized spacial score (nSPS) is 20.8. The van der Waals surface area contributed by atoms with E-state index in [-0.39, 0.29) is 23.3 Å². The highest BCUT2D eigenvalue weighted by atomic mass is 19.4. The molecule has 2 aromatic heterocycles. The average molecular weight is 447 g/mol. The Morgan fingerprint density at radius 3 is 2.75 bits per heavy atom. The second kappa shape index (κ2) is 7.81. The molecule has 1 saturated heterocycles. The van der Waals surface area contributed by atoms with E-state index < -0.39 is 24.0 Å². The van der Waals surface area contributed by atoms with E-state index in [1.165, 1.54) is 19.3 Å². The van der Waals surface area contributed by atoms with E-state index in [1.54, 1.807) is 22.3 Å². The summed E-state index contributed by atoms with van der Waals surface area (Å²) in [4.78, 5) is 30.7. The maximum Gasteiger partial charge on any atom is 0.405 e. The first kappa shape index (κ1) is 21.6. The molecule has 168 valence electrons. The first-order chi connectivity index (χ1) is 15.1. The highest BCUT2D eigenvalue weighted by Crippen LogP contribution is 2.51. The van der Waals surface area contributed by atoms with Crippen LogP contribution in [0.3, 0.4) is 0 Å². The van der Waals surface area contributed by atoms with Crippen molar-refractivity contribution in [3.05, 3.63) is 30.1 Å². The van der Waals surface area contributed by atoms with E-state index >= 15 is 0 Å². The van der Waals surface area contributed by atoms with Gasteiger partial charge < -0.3 is 15.5 Å². The molecule has 32 heavy (non-hydrogen) atoms. The van der Waals surface area contributed by atoms with E-state index in [1.807, 2.05) is 0 Å². The van der Waals surface area contributed by atoms with Crippen molar-refractivity contribution in [2.75, 3.05) is 23.3 Å². The molecule has 0 spiro atoms. The van der Waals surface area contributed by atoms with Gasteiger partial charge in [0.1, 0.15) is 23.5 Å². The van der Waals surface area contributed by atoms with Crippen LogP contribution < -0.4 is 15.5 Å². The highest BCUT2D eigenvalue weighted by Gasteiger charge is 2.56. The van der Waals surface area contributed by atoms with E-state index in [2.05, 4.69) is 21.5 Å². The predicted octanol–water partition coefficient (Wildman–Crippen LogP) is 2.51. The molecule has 12 heteroatoms. The number of pyridine rings is 1. The molecule has 0 aromatic carbocycles. The van der Waals surface area contributed by atoms with Gasteiger partial charge >= 0.3 is 6.18 Å². The lowest BCUT2D eigenvalue weighted by molar-refractivity contribution is -0.124. The number of amides is 2. The molecule has 1 atom stereocenters. The number of anilines is 3. The second-order valence-electron chi connectivity index (χ2n) is 7.92. The van der Waals surface area contributed by atoms with Crippen molar-refractivity contribution in [2.45, 2.75) is 25.4 Å². The number of nitriles is 1. The van der Waals surface area contributed by atoms with Crippen molar-refractivity contribution in [2.24, 2.45) is 18.4 Å². The third kappa shape index (κ3) is 4.10. The first-order valence-electron chi connectivity index (χ1n) is 9.98. The quantitative estimate of drug-likeness (QED) is 0.703. The Morgan fingerprint density at radius 2 is 2.09 bits per heavy atom. The number of halogens is 3. The van der Waals surface area contributed by atoms with Crippen LogP contribution in [0.5, 0.6) is 0 Å². The maximum atomic E-state index is 13.0. The Bertz CT molecular complexity index is 1100. The van der Waals surface area contributed by atoms with Gasteiger partial charge in [-0.2, -0.15) is 23.5 Å². The molecule has 1 aliphatic heterocycles. The smallest absolute Gasteiger partial charge is 0.342 e. The van der Waals surface area contributed by atoms with Crippen LogP contribution in [-0.2, 0) is 11.8 Å². The summed E-state index contributed by atoms with van der Waals surface area (Å²) in [6.45, 7) is -1.02. The van der Waals surface area contributed by atoms with Crippen LogP contribution in [0.1, 0.15) is 29.8 Å². The fraction of sp³-hybridized carbons (Fsp3) is 0.450. The molecule has 0 bridgehead atoms. The van der Waals surface area contributed by atoms with E-state index in [9.17, 15) is 28.0 Å². The van der Waals surface area contributed by atoms with Gasteiger partial charge in [0, 0.05) is 37.6 Å². The third-order valence-corrected chi connectivity index (χ3v) is 5.70. The summed E-state index contributed by atoms with van der Waals surface area (Å²) in [7, 11) is 1.43. The summed E-state index contributed by atoms with van der Waals surface area (Å²) >= 11 is 0. The molecule has 2 aliphatic rings. The third-order valence-electron chi connectivity index (χ3n) is 5.70. The fourth-order valence-corrected chi connectivity index (χ4v) is 3.93. The van der Waals surface area contributed by atoms with Crippen LogP contribution >= 0.6 is 0 Å². The molecular formula is C20H20F3N7O2. The van der Waals surface area contributed by atoms with Gasteiger partial charge in [-0.05, 0) is 31.2 Å². The number of carbonyl (C=O) groups excluding carboxylic acids is 2. The van der Waals surface area contributed by atoms with Gasteiger partial charge in [0.05, 0.1) is 6.07 Å². The number of aromatic nitrogens is 3. The van der Waals surface area contributed by atoms with Crippen LogP contribution in [0.2, 0.25) is 0 Å². The Labute approximate surface area is 181 Å². The molecule has 0 radical (unpaired) electrons. The minimum Gasteiger partial charge on any atom is -0.342 e. The number of hydrogen-bond acceptors (Lipinski definition) is 6. The largest absolute Gasteiger partial charge is 0.405 e.